The fraction of sp³-hybridized carbons (Fsp3) is 0.300. The van der Waals surface area contributed by atoms with Gasteiger partial charge >= 0.3 is 0 Å². The van der Waals surface area contributed by atoms with Crippen molar-refractivity contribution in [3.63, 3.8) is 0 Å². The zero-order valence-corrected chi connectivity index (χ0v) is 15.8. The first-order valence-corrected chi connectivity index (χ1v) is 9.28. The third-order valence-corrected chi connectivity index (χ3v) is 4.90. The zero-order chi connectivity index (χ0) is 20.4. The van der Waals surface area contributed by atoms with E-state index in [0.717, 1.165) is 25.0 Å². The van der Waals surface area contributed by atoms with Crippen molar-refractivity contribution in [2.45, 2.75) is 32.4 Å². The molecule has 1 fully saturated rings. The van der Waals surface area contributed by atoms with Gasteiger partial charge < -0.3 is 9.64 Å². The van der Waals surface area contributed by atoms with Crippen LogP contribution in [0.2, 0.25) is 0 Å². The maximum absolute atomic E-state index is 13.4. The number of benzene rings is 1. The van der Waals surface area contributed by atoms with Gasteiger partial charge in [0.25, 0.3) is 5.91 Å². The molecule has 1 aliphatic heterocycles. The highest BCUT2D eigenvalue weighted by Crippen LogP contribution is 2.22. The minimum absolute atomic E-state index is 0.0875. The van der Waals surface area contributed by atoms with Gasteiger partial charge in [0.2, 0.25) is 5.82 Å². The normalized spacial score (nSPS) is 16.2. The first kappa shape index (κ1) is 19.0. The van der Waals surface area contributed by atoms with Gasteiger partial charge in [-0.25, -0.2) is 8.78 Å². The largest absolute Gasteiger partial charge is 0.485 e. The number of carbonyl (C=O) groups excluding carboxylic acids is 1. The number of ether oxygens (including phenoxy) is 1. The number of halogens is 2. The summed E-state index contributed by atoms with van der Waals surface area (Å²) in [5.41, 5.74) is 0.608. The van der Waals surface area contributed by atoms with Crippen LogP contribution in [0.4, 0.5) is 8.78 Å². The lowest BCUT2D eigenvalue weighted by Crippen LogP contribution is -2.35. The van der Waals surface area contributed by atoms with Crippen molar-refractivity contribution < 1.29 is 18.3 Å². The number of hydrogen-bond acceptors (Lipinski definition) is 5. The fourth-order valence-corrected chi connectivity index (χ4v) is 3.38. The molecule has 3 heterocycles. The van der Waals surface area contributed by atoms with Crippen LogP contribution in [-0.4, -0.2) is 43.1 Å². The molecule has 0 spiro atoms. The molecule has 29 heavy (non-hydrogen) atoms. The number of amides is 1. The topological polar surface area (TPSA) is 73.1 Å². The summed E-state index contributed by atoms with van der Waals surface area (Å²) in [6.07, 6.45) is 5.10. The minimum atomic E-state index is -1.00. The van der Waals surface area contributed by atoms with Crippen LogP contribution >= 0.6 is 0 Å². The summed E-state index contributed by atoms with van der Waals surface area (Å²) in [6.45, 7) is 2.58. The number of aromatic nitrogens is 4. The van der Waals surface area contributed by atoms with Crippen molar-refractivity contribution >= 4 is 5.91 Å². The van der Waals surface area contributed by atoms with Crippen LogP contribution in [0.5, 0.6) is 5.75 Å². The van der Waals surface area contributed by atoms with Crippen LogP contribution in [0.1, 0.15) is 36.2 Å². The van der Waals surface area contributed by atoms with Gasteiger partial charge in [-0.05, 0) is 44.0 Å². The molecule has 0 aliphatic carbocycles. The highest BCUT2D eigenvalue weighted by atomic mass is 19.2. The molecule has 150 valence electrons. The summed E-state index contributed by atoms with van der Waals surface area (Å²) in [6, 6.07) is 6.91. The standard InChI is InChI=1S/C20H19F2N5O2/c1-13-4-3-9-26(13)20(28)19-25-24-18(27(19)14-5-2-8-23-11-14)12-29-15-6-7-16(21)17(22)10-15/h2,5-8,10-11,13H,3-4,9,12H2,1H3/t13-/m0/s1. The smallest absolute Gasteiger partial charge is 0.292 e. The Balaban J connectivity index is 1.66. The Hall–Kier alpha value is -3.36. The van der Waals surface area contributed by atoms with Gasteiger partial charge in [-0.15, -0.1) is 10.2 Å². The molecule has 0 radical (unpaired) electrons. The molecule has 0 saturated carbocycles. The molecule has 1 aromatic carbocycles. The predicted octanol–water partition coefficient (Wildman–Crippen LogP) is 3.14. The number of rotatable bonds is 5. The first-order valence-electron chi connectivity index (χ1n) is 9.28. The van der Waals surface area contributed by atoms with Crippen LogP contribution in [0, 0.1) is 11.6 Å². The Kier molecular flexibility index (Phi) is 5.20. The van der Waals surface area contributed by atoms with Crippen LogP contribution < -0.4 is 4.74 Å². The molecule has 1 atom stereocenters. The number of nitrogens with zero attached hydrogens (tertiary/aromatic N) is 5. The lowest BCUT2D eigenvalue weighted by atomic mass is 10.2. The van der Waals surface area contributed by atoms with Crippen LogP contribution in [0.25, 0.3) is 5.69 Å². The number of carbonyl (C=O) groups is 1. The molecule has 7 nitrogen and oxygen atoms in total. The monoisotopic (exact) mass is 399 g/mol. The Labute approximate surface area is 166 Å². The maximum Gasteiger partial charge on any atom is 0.292 e. The molecule has 0 unspecified atom stereocenters. The van der Waals surface area contributed by atoms with Gasteiger partial charge in [0.15, 0.2) is 17.5 Å². The Morgan fingerprint density at radius 3 is 2.79 bits per heavy atom. The minimum Gasteiger partial charge on any atom is -0.485 e. The maximum atomic E-state index is 13.4. The number of pyridine rings is 1. The molecular weight excluding hydrogens is 380 g/mol. The lowest BCUT2D eigenvalue weighted by Gasteiger charge is -2.21. The molecule has 2 aromatic heterocycles. The average Bonchev–Trinajstić information content (AvgIpc) is 3.35. The van der Waals surface area contributed by atoms with Crippen molar-refractivity contribution in [1.29, 1.82) is 0 Å². The number of hydrogen-bond donors (Lipinski definition) is 0. The predicted molar refractivity (Wildman–Crippen MR) is 99.6 cm³/mol. The van der Waals surface area contributed by atoms with E-state index in [4.69, 9.17) is 4.74 Å². The van der Waals surface area contributed by atoms with E-state index >= 15 is 0 Å². The quantitative estimate of drug-likeness (QED) is 0.659. The molecule has 0 bridgehead atoms. The van der Waals surface area contributed by atoms with Gasteiger partial charge in [0, 0.05) is 24.8 Å². The van der Waals surface area contributed by atoms with Crippen molar-refractivity contribution in [3.05, 3.63) is 66.0 Å². The van der Waals surface area contributed by atoms with Crippen LogP contribution in [-0.2, 0) is 6.61 Å². The van der Waals surface area contributed by atoms with E-state index in [2.05, 4.69) is 15.2 Å². The van der Waals surface area contributed by atoms with Crippen molar-refractivity contribution in [2.24, 2.45) is 0 Å². The van der Waals surface area contributed by atoms with E-state index in [1.54, 1.807) is 34.0 Å². The van der Waals surface area contributed by atoms with Gasteiger partial charge in [-0.2, -0.15) is 0 Å². The second-order valence-electron chi connectivity index (χ2n) is 6.84. The SMILES string of the molecule is C[C@H]1CCCN1C(=O)c1nnc(COc2ccc(F)c(F)c2)n1-c1cccnc1. The van der Waals surface area contributed by atoms with Gasteiger partial charge in [0.05, 0.1) is 11.9 Å². The molecule has 1 aliphatic rings. The summed E-state index contributed by atoms with van der Waals surface area (Å²) in [5, 5.41) is 8.21. The molecular formula is C20H19F2N5O2. The molecule has 3 aromatic rings. The van der Waals surface area contributed by atoms with Gasteiger partial charge in [0.1, 0.15) is 12.4 Å². The molecule has 4 rings (SSSR count). The lowest BCUT2D eigenvalue weighted by molar-refractivity contribution is 0.0732. The van der Waals surface area contributed by atoms with Crippen molar-refractivity contribution in [1.82, 2.24) is 24.6 Å². The van der Waals surface area contributed by atoms with E-state index in [-0.39, 0.29) is 30.1 Å². The van der Waals surface area contributed by atoms with E-state index in [1.807, 2.05) is 6.92 Å². The highest BCUT2D eigenvalue weighted by molar-refractivity contribution is 5.91. The summed E-state index contributed by atoms with van der Waals surface area (Å²) in [4.78, 5) is 18.9. The molecule has 1 amide bonds. The second kappa shape index (κ2) is 7.94. The zero-order valence-electron chi connectivity index (χ0n) is 15.8. The highest BCUT2D eigenvalue weighted by Gasteiger charge is 2.31. The number of likely N-dealkylation sites (tertiary alicyclic amines) is 1. The molecule has 0 N–H and O–H groups in total. The fourth-order valence-electron chi connectivity index (χ4n) is 3.38. The summed E-state index contributed by atoms with van der Waals surface area (Å²) in [5.74, 6) is -1.52. The Morgan fingerprint density at radius 1 is 1.24 bits per heavy atom. The Morgan fingerprint density at radius 2 is 2.10 bits per heavy atom. The Bertz CT molecular complexity index is 1020. The van der Waals surface area contributed by atoms with Crippen LogP contribution in [0.15, 0.2) is 42.7 Å². The molecule has 1 saturated heterocycles. The van der Waals surface area contributed by atoms with E-state index < -0.39 is 11.6 Å². The van der Waals surface area contributed by atoms with E-state index in [1.165, 1.54) is 6.07 Å². The third-order valence-electron chi connectivity index (χ3n) is 4.90. The van der Waals surface area contributed by atoms with E-state index in [9.17, 15) is 13.6 Å². The average molecular weight is 399 g/mol. The van der Waals surface area contributed by atoms with Crippen molar-refractivity contribution in [3.8, 4) is 11.4 Å². The summed E-state index contributed by atoms with van der Waals surface area (Å²) in [7, 11) is 0. The second-order valence-corrected chi connectivity index (χ2v) is 6.84. The summed E-state index contributed by atoms with van der Waals surface area (Å²) >= 11 is 0. The summed E-state index contributed by atoms with van der Waals surface area (Å²) < 4.78 is 33.7. The third kappa shape index (κ3) is 3.80. The molecule has 9 heteroatoms. The van der Waals surface area contributed by atoms with Crippen LogP contribution in [0.3, 0.4) is 0 Å². The van der Waals surface area contributed by atoms with Gasteiger partial charge in [-0.1, -0.05) is 0 Å². The van der Waals surface area contributed by atoms with Gasteiger partial charge in [-0.3, -0.25) is 14.3 Å². The first-order chi connectivity index (χ1) is 14.0. The van der Waals surface area contributed by atoms with Crippen molar-refractivity contribution in [2.75, 3.05) is 6.54 Å². The van der Waals surface area contributed by atoms with E-state index in [0.29, 0.717) is 18.1 Å².